The maximum atomic E-state index is 13.0. The van der Waals surface area contributed by atoms with Gasteiger partial charge in [-0.25, -0.2) is 4.39 Å². The standard InChI is InChI=1S/C15H17F4NO3/c1-9(7-23-11-4-5-22-8-11)20-14(21)12-3-2-10(16)6-13(12)15(17,18)19/h2-3,6,9,11H,4-5,7-8H2,1H3,(H,20,21)/t9-,11+/m0/s1. The van der Waals surface area contributed by atoms with Crippen LogP contribution in [0.25, 0.3) is 0 Å². The minimum Gasteiger partial charge on any atom is -0.379 e. The van der Waals surface area contributed by atoms with Crippen molar-refractivity contribution < 1.29 is 31.8 Å². The molecule has 1 amide bonds. The van der Waals surface area contributed by atoms with Crippen LogP contribution in [0.4, 0.5) is 17.6 Å². The van der Waals surface area contributed by atoms with Crippen LogP contribution in [0.1, 0.15) is 29.3 Å². The maximum absolute atomic E-state index is 13.0. The van der Waals surface area contributed by atoms with Crippen LogP contribution in [-0.4, -0.2) is 37.9 Å². The average Bonchev–Trinajstić information content (AvgIpc) is 2.97. The Morgan fingerprint density at radius 2 is 2.22 bits per heavy atom. The van der Waals surface area contributed by atoms with Crippen molar-refractivity contribution in [2.45, 2.75) is 31.7 Å². The van der Waals surface area contributed by atoms with Crippen LogP contribution < -0.4 is 5.32 Å². The lowest BCUT2D eigenvalue weighted by Gasteiger charge is -2.18. The van der Waals surface area contributed by atoms with Crippen LogP contribution >= 0.6 is 0 Å². The van der Waals surface area contributed by atoms with Gasteiger partial charge in [-0.1, -0.05) is 0 Å². The van der Waals surface area contributed by atoms with Crippen LogP contribution in [0.5, 0.6) is 0 Å². The number of amides is 1. The second kappa shape index (κ2) is 7.27. The Morgan fingerprint density at radius 1 is 1.48 bits per heavy atom. The molecule has 0 spiro atoms. The van der Waals surface area contributed by atoms with E-state index in [-0.39, 0.29) is 12.7 Å². The zero-order chi connectivity index (χ0) is 17.0. The summed E-state index contributed by atoms with van der Waals surface area (Å²) in [6.07, 6.45) is -4.13. The monoisotopic (exact) mass is 335 g/mol. The largest absolute Gasteiger partial charge is 0.417 e. The third kappa shape index (κ3) is 4.90. The highest BCUT2D eigenvalue weighted by Crippen LogP contribution is 2.32. The summed E-state index contributed by atoms with van der Waals surface area (Å²) >= 11 is 0. The predicted octanol–water partition coefficient (Wildman–Crippen LogP) is 2.77. The summed E-state index contributed by atoms with van der Waals surface area (Å²) < 4.78 is 62.3. The molecular formula is C15H17F4NO3. The third-order valence-electron chi connectivity index (χ3n) is 3.38. The zero-order valence-electron chi connectivity index (χ0n) is 12.5. The summed E-state index contributed by atoms with van der Waals surface area (Å²) in [5.41, 5.74) is -1.91. The number of halogens is 4. The van der Waals surface area contributed by atoms with Crippen LogP contribution in [-0.2, 0) is 15.7 Å². The average molecular weight is 335 g/mol. The van der Waals surface area contributed by atoms with Gasteiger partial charge < -0.3 is 14.8 Å². The summed E-state index contributed by atoms with van der Waals surface area (Å²) in [7, 11) is 0. The molecule has 2 rings (SSSR count). The fraction of sp³-hybridized carbons (Fsp3) is 0.533. The van der Waals surface area contributed by atoms with E-state index in [1.807, 2.05) is 0 Å². The molecule has 1 aromatic carbocycles. The molecule has 2 atom stereocenters. The van der Waals surface area contributed by atoms with E-state index in [2.05, 4.69) is 5.32 Å². The molecule has 1 saturated heterocycles. The number of alkyl halides is 3. The first kappa shape index (κ1) is 17.7. The lowest BCUT2D eigenvalue weighted by atomic mass is 10.1. The van der Waals surface area contributed by atoms with Crippen LogP contribution in [0, 0.1) is 5.82 Å². The molecular weight excluding hydrogens is 318 g/mol. The van der Waals surface area contributed by atoms with E-state index in [1.54, 1.807) is 6.92 Å². The lowest BCUT2D eigenvalue weighted by molar-refractivity contribution is -0.138. The van der Waals surface area contributed by atoms with Crippen LogP contribution in [0.3, 0.4) is 0 Å². The second-order valence-corrected chi connectivity index (χ2v) is 5.38. The number of carbonyl (C=O) groups is 1. The van der Waals surface area contributed by atoms with Crippen molar-refractivity contribution in [1.29, 1.82) is 0 Å². The van der Waals surface area contributed by atoms with Gasteiger partial charge in [0.05, 0.1) is 30.4 Å². The first-order valence-electron chi connectivity index (χ1n) is 7.14. The highest BCUT2D eigenvalue weighted by molar-refractivity contribution is 5.96. The van der Waals surface area contributed by atoms with E-state index in [1.165, 1.54) is 0 Å². The molecule has 8 heteroatoms. The van der Waals surface area contributed by atoms with Gasteiger partial charge in [-0.2, -0.15) is 13.2 Å². The summed E-state index contributed by atoms with van der Waals surface area (Å²) in [4.78, 5) is 12.0. The van der Waals surface area contributed by atoms with Crippen molar-refractivity contribution in [3.05, 3.63) is 35.1 Å². The molecule has 0 aromatic heterocycles. The van der Waals surface area contributed by atoms with Gasteiger partial charge in [0.1, 0.15) is 5.82 Å². The minimum absolute atomic E-state index is 0.0640. The molecule has 1 aliphatic heterocycles. The number of ether oxygens (including phenoxy) is 2. The number of carbonyl (C=O) groups excluding carboxylic acids is 1. The second-order valence-electron chi connectivity index (χ2n) is 5.38. The SMILES string of the molecule is C[C@@H](CO[C@@H]1CCOC1)NC(=O)c1ccc(F)cc1C(F)(F)F. The highest BCUT2D eigenvalue weighted by Gasteiger charge is 2.35. The molecule has 1 N–H and O–H groups in total. The molecule has 0 saturated carbocycles. The van der Waals surface area contributed by atoms with E-state index >= 15 is 0 Å². The molecule has 0 radical (unpaired) electrons. The summed E-state index contributed by atoms with van der Waals surface area (Å²) in [5, 5.41) is 2.42. The van der Waals surface area contributed by atoms with E-state index in [0.717, 1.165) is 18.6 Å². The van der Waals surface area contributed by atoms with Gasteiger partial charge in [0.15, 0.2) is 0 Å². The van der Waals surface area contributed by atoms with Crippen LogP contribution in [0.15, 0.2) is 18.2 Å². The maximum Gasteiger partial charge on any atom is 0.417 e. The molecule has 4 nitrogen and oxygen atoms in total. The Morgan fingerprint density at radius 3 is 2.83 bits per heavy atom. The lowest BCUT2D eigenvalue weighted by Crippen LogP contribution is -2.38. The summed E-state index contributed by atoms with van der Waals surface area (Å²) in [6, 6.07) is 1.47. The van der Waals surface area contributed by atoms with Gasteiger partial charge >= 0.3 is 6.18 Å². The normalized spacial score (nSPS) is 19.6. The predicted molar refractivity (Wildman–Crippen MR) is 73.5 cm³/mol. The topological polar surface area (TPSA) is 47.6 Å². The van der Waals surface area contributed by atoms with E-state index < -0.39 is 35.1 Å². The molecule has 0 bridgehead atoms. The Bertz CT molecular complexity index is 556. The van der Waals surface area contributed by atoms with E-state index in [9.17, 15) is 22.4 Å². The molecule has 0 aliphatic carbocycles. The van der Waals surface area contributed by atoms with Crippen LogP contribution in [0.2, 0.25) is 0 Å². The number of nitrogens with one attached hydrogen (secondary N) is 1. The number of benzene rings is 1. The molecule has 1 heterocycles. The van der Waals surface area contributed by atoms with Gasteiger partial charge in [-0.05, 0) is 31.5 Å². The molecule has 23 heavy (non-hydrogen) atoms. The minimum atomic E-state index is -4.81. The van der Waals surface area contributed by atoms with Gasteiger partial charge in [-0.3, -0.25) is 4.79 Å². The van der Waals surface area contributed by atoms with Crippen molar-refractivity contribution in [2.75, 3.05) is 19.8 Å². The van der Waals surface area contributed by atoms with Crippen molar-refractivity contribution in [3.63, 3.8) is 0 Å². The van der Waals surface area contributed by atoms with Crippen molar-refractivity contribution in [1.82, 2.24) is 5.32 Å². The number of rotatable bonds is 5. The summed E-state index contributed by atoms with van der Waals surface area (Å²) in [6.45, 7) is 2.85. The number of hydrogen-bond acceptors (Lipinski definition) is 3. The van der Waals surface area contributed by atoms with Gasteiger partial charge in [-0.15, -0.1) is 0 Å². The van der Waals surface area contributed by atoms with E-state index in [0.29, 0.717) is 19.3 Å². The molecule has 128 valence electrons. The fourth-order valence-electron chi connectivity index (χ4n) is 2.22. The fourth-order valence-corrected chi connectivity index (χ4v) is 2.22. The van der Waals surface area contributed by atoms with Gasteiger partial charge in [0.2, 0.25) is 0 Å². The first-order chi connectivity index (χ1) is 10.8. The first-order valence-corrected chi connectivity index (χ1v) is 7.14. The third-order valence-corrected chi connectivity index (χ3v) is 3.38. The van der Waals surface area contributed by atoms with Gasteiger partial charge in [0.25, 0.3) is 5.91 Å². The Labute approximate surface area is 130 Å². The Balaban J connectivity index is 1.99. The Hall–Kier alpha value is -1.67. The molecule has 0 unspecified atom stereocenters. The highest BCUT2D eigenvalue weighted by atomic mass is 19.4. The van der Waals surface area contributed by atoms with E-state index in [4.69, 9.17) is 9.47 Å². The van der Waals surface area contributed by atoms with Crippen molar-refractivity contribution >= 4 is 5.91 Å². The van der Waals surface area contributed by atoms with Crippen molar-refractivity contribution in [3.8, 4) is 0 Å². The van der Waals surface area contributed by atoms with Crippen molar-refractivity contribution in [2.24, 2.45) is 0 Å². The Kier molecular flexibility index (Phi) is 5.59. The summed E-state index contributed by atoms with van der Waals surface area (Å²) in [5.74, 6) is -1.97. The molecule has 1 fully saturated rings. The molecule has 1 aromatic rings. The quantitative estimate of drug-likeness (QED) is 0.842. The van der Waals surface area contributed by atoms with Gasteiger partial charge in [0, 0.05) is 12.6 Å². The molecule has 1 aliphatic rings. The smallest absolute Gasteiger partial charge is 0.379 e. The number of hydrogen-bond donors (Lipinski definition) is 1. The zero-order valence-corrected chi connectivity index (χ0v) is 12.5.